The van der Waals surface area contributed by atoms with Crippen molar-refractivity contribution in [3.8, 4) is 0 Å². The van der Waals surface area contributed by atoms with Crippen LogP contribution in [0.3, 0.4) is 0 Å². The number of amides is 2. The van der Waals surface area contributed by atoms with Gasteiger partial charge in [-0.3, -0.25) is 5.21 Å². The third-order valence-electron chi connectivity index (χ3n) is 2.59. The molecular formula is C12H17BrN2O2. The molecule has 2 amide bonds. The van der Waals surface area contributed by atoms with Gasteiger partial charge in [-0.25, -0.2) is 9.86 Å². The van der Waals surface area contributed by atoms with Gasteiger partial charge in [0.15, 0.2) is 0 Å². The number of anilines is 1. The lowest BCUT2D eigenvalue weighted by Gasteiger charge is -2.23. The molecule has 0 unspecified atom stereocenters. The highest BCUT2D eigenvalue weighted by molar-refractivity contribution is 9.10. The van der Waals surface area contributed by atoms with Crippen LogP contribution in [0.4, 0.5) is 10.5 Å². The van der Waals surface area contributed by atoms with Gasteiger partial charge in [0, 0.05) is 10.2 Å². The minimum absolute atomic E-state index is 0.148. The predicted octanol–water partition coefficient (Wildman–Crippen LogP) is 3.86. The Bertz CT molecular complexity index is 363. The third-order valence-corrected chi connectivity index (χ3v) is 3.12. The molecule has 0 aliphatic rings. The zero-order valence-electron chi connectivity index (χ0n) is 9.98. The van der Waals surface area contributed by atoms with E-state index in [0.29, 0.717) is 5.69 Å². The first kappa shape index (κ1) is 14.0. The summed E-state index contributed by atoms with van der Waals surface area (Å²) in [4.78, 5) is 11.7. The van der Waals surface area contributed by atoms with E-state index in [-0.39, 0.29) is 6.04 Å². The Morgan fingerprint density at radius 1 is 1.35 bits per heavy atom. The number of urea groups is 1. The summed E-state index contributed by atoms with van der Waals surface area (Å²) in [5, 5.41) is 13.1. The molecule has 0 aliphatic heterocycles. The van der Waals surface area contributed by atoms with E-state index in [1.54, 1.807) is 12.1 Å². The molecule has 94 valence electrons. The van der Waals surface area contributed by atoms with Crippen LogP contribution in [0, 0.1) is 0 Å². The Kier molecular flexibility index (Phi) is 5.44. The van der Waals surface area contributed by atoms with Gasteiger partial charge in [0.2, 0.25) is 0 Å². The van der Waals surface area contributed by atoms with Gasteiger partial charge in [0.25, 0.3) is 0 Å². The van der Waals surface area contributed by atoms with Crippen molar-refractivity contribution < 1.29 is 10.0 Å². The number of halogens is 1. The molecule has 0 bridgehead atoms. The summed E-state index contributed by atoms with van der Waals surface area (Å²) in [5.74, 6) is 0. The molecule has 17 heavy (non-hydrogen) atoms. The van der Waals surface area contributed by atoms with Crippen LogP contribution in [0.15, 0.2) is 28.7 Å². The number of rotatable bonds is 4. The van der Waals surface area contributed by atoms with E-state index >= 15 is 0 Å². The second-order valence-electron chi connectivity index (χ2n) is 3.75. The number of benzene rings is 1. The molecular weight excluding hydrogens is 284 g/mol. The van der Waals surface area contributed by atoms with Crippen LogP contribution < -0.4 is 5.32 Å². The van der Waals surface area contributed by atoms with E-state index in [2.05, 4.69) is 21.2 Å². The largest absolute Gasteiger partial charge is 0.345 e. The second-order valence-corrected chi connectivity index (χ2v) is 4.67. The molecule has 0 radical (unpaired) electrons. The summed E-state index contributed by atoms with van der Waals surface area (Å²) in [5.41, 5.74) is 0.656. The van der Waals surface area contributed by atoms with Crippen molar-refractivity contribution in [2.24, 2.45) is 0 Å². The lowest BCUT2D eigenvalue weighted by atomic mass is 10.2. The van der Waals surface area contributed by atoms with Crippen LogP contribution >= 0.6 is 15.9 Å². The molecule has 0 aromatic heterocycles. The average molecular weight is 301 g/mol. The minimum Gasteiger partial charge on any atom is -0.306 e. The molecule has 1 aromatic carbocycles. The van der Waals surface area contributed by atoms with Gasteiger partial charge >= 0.3 is 6.03 Å². The number of carbonyl (C=O) groups is 1. The zero-order valence-corrected chi connectivity index (χ0v) is 11.6. The predicted molar refractivity (Wildman–Crippen MR) is 71.2 cm³/mol. The van der Waals surface area contributed by atoms with E-state index in [9.17, 15) is 10.0 Å². The quantitative estimate of drug-likeness (QED) is 0.655. The van der Waals surface area contributed by atoms with Crippen LogP contribution in [0.5, 0.6) is 0 Å². The van der Waals surface area contributed by atoms with Crippen molar-refractivity contribution in [3.05, 3.63) is 28.7 Å². The Labute approximate surface area is 110 Å². The highest BCUT2D eigenvalue weighted by Crippen LogP contribution is 2.15. The molecule has 0 heterocycles. The summed E-state index contributed by atoms with van der Waals surface area (Å²) in [7, 11) is 0. The summed E-state index contributed by atoms with van der Waals surface area (Å²) in [6.45, 7) is 3.87. The van der Waals surface area contributed by atoms with E-state index < -0.39 is 6.03 Å². The average Bonchev–Trinajstić information content (AvgIpc) is 2.33. The maximum absolute atomic E-state index is 11.7. The summed E-state index contributed by atoms with van der Waals surface area (Å²) < 4.78 is 0.941. The minimum atomic E-state index is -0.499. The Hall–Kier alpha value is -1.07. The van der Waals surface area contributed by atoms with Crippen LogP contribution in [0.25, 0.3) is 0 Å². The molecule has 0 atom stereocenters. The number of hydroxylamine groups is 2. The molecule has 0 aliphatic carbocycles. The highest BCUT2D eigenvalue weighted by Gasteiger charge is 2.18. The first-order valence-corrected chi connectivity index (χ1v) is 6.42. The van der Waals surface area contributed by atoms with Crippen molar-refractivity contribution >= 4 is 27.6 Å². The highest BCUT2D eigenvalue weighted by atomic mass is 79.9. The SMILES string of the molecule is CCC(CC)N(O)C(=O)Nc1ccc(Br)cc1. The van der Waals surface area contributed by atoms with Crippen molar-refractivity contribution in [3.63, 3.8) is 0 Å². The molecule has 5 heteroatoms. The van der Waals surface area contributed by atoms with Crippen LogP contribution in [-0.4, -0.2) is 22.3 Å². The topological polar surface area (TPSA) is 52.6 Å². The molecule has 2 N–H and O–H groups in total. The fraction of sp³-hybridized carbons (Fsp3) is 0.417. The summed E-state index contributed by atoms with van der Waals surface area (Å²) in [6, 6.07) is 6.54. The van der Waals surface area contributed by atoms with Crippen LogP contribution in [0.1, 0.15) is 26.7 Å². The zero-order chi connectivity index (χ0) is 12.8. The normalized spacial score (nSPS) is 10.4. The fourth-order valence-electron chi connectivity index (χ4n) is 1.51. The molecule has 0 fully saturated rings. The number of nitrogens with zero attached hydrogens (tertiary/aromatic N) is 1. The van der Waals surface area contributed by atoms with Gasteiger partial charge in [-0.05, 0) is 37.1 Å². The maximum atomic E-state index is 11.7. The van der Waals surface area contributed by atoms with Gasteiger partial charge in [-0.15, -0.1) is 0 Å². The lowest BCUT2D eigenvalue weighted by Crippen LogP contribution is -2.39. The van der Waals surface area contributed by atoms with Crippen molar-refractivity contribution in [2.75, 3.05) is 5.32 Å². The first-order valence-electron chi connectivity index (χ1n) is 5.63. The molecule has 1 rings (SSSR count). The Morgan fingerprint density at radius 3 is 2.35 bits per heavy atom. The smallest absolute Gasteiger partial charge is 0.306 e. The molecule has 0 saturated heterocycles. The Morgan fingerprint density at radius 2 is 1.88 bits per heavy atom. The number of nitrogens with one attached hydrogen (secondary N) is 1. The van der Waals surface area contributed by atoms with E-state index in [4.69, 9.17) is 0 Å². The standard InChI is InChI=1S/C12H17BrN2O2/c1-3-11(4-2)15(17)12(16)14-10-7-5-9(13)6-8-10/h5-8,11,17H,3-4H2,1-2H3,(H,14,16). The van der Waals surface area contributed by atoms with E-state index in [1.807, 2.05) is 26.0 Å². The lowest BCUT2D eigenvalue weighted by molar-refractivity contribution is -0.0747. The number of hydrogen-bond donors (Lipinski definition) is 2. The van der Waals surface area contributed by atoms with Gasteiger partial charge in [-0.1, -0.05) is 29.8 Å². The molecule has 0 saturated carbocycles. The van der Waals surface area contributed by atoms with Crippen molar-refractivity contribution in [2.45, 2.75) is 32.7 Å². The summed E-state index contributed by atoms with van der Waals surface area (Å²) in [6.07, 6.45) is 1.45. The molecule has 0 spiro atoms. The Balaban J connectivity index is 2.62. The third kappa shape index (κ3) is 4.02. The van der Waals surface area contributed by atoms with E-state index in [1.165, 1.54) is 0 Å². The van der Waals surface area contributed by atoms with Crippen LogP contribution in [0.2, 0.25) is 0 Å². The van der Waals surface area contributed by atoms with Crippen LogP contribution in [-0.2, 0) is 0 Å². The van der Waals surface area contributed by atoms with Gasteiger partial charge in [-0.2, -0.15) is 0 Å². The summed E-state index contributed by atoms with van der Waals surface area (Å²) >= 11 is 3.31. The van der Waals surface area contributed by atoms with Crippen molar-refractivity contribution in [1.82, 2.24) is 5.06 Å². The van der Waals surface area contributed by atoms with Gasteiger partial charge in [0.1, 0.15) is 0 Å². The fourth-order valence-corrected chi connectivity index (χ4v) is 1.78. The van der Waals surface area contributed by atoms with Gasteiger partial charge in [0.05, 0.1) is 6.04 Å². The maximum Gasteiger partial charge on any atom is 0.345 e. The van der Waals surface area contributed by atoms with Crippen molar-refractivity contribution in [1.29, 1.82) is 0 Å². The monoisotopic (exact) mass is 300 g/mol. The van der Waals surface area contributed by atoms with Gasteiger partial charge < -0.3 is 5.32 Å². The number of carbonyl (C=O) groups excluding carboxylic acids is 1. The number of hydrogen-bond acceptors (Lipinski definition) is 2. The van der Waals surface area contributed by atoms with E-state index in [0.717, 1.165) is 22.4 Å². The second kappa shape index (κ2) is 6.61. The first-order chi connectivity index (χ1) is 8.08. The molecule has 1 aromatic rings. The molecule has 4 nitrogen and oxygen atoms in total.